The molecule has 8 heteroatoms. The maximum absolute atomic E-state index is 10.7. The van der Waals surface area contributed by atoms with E-state index in [4.69, 9.17) is 4.74 Å². The maximum Gasteiger partial charge on any atom is 0.271 e. The average Bonchev–Trinajstić information content (AvgIpc) is 2.83. The first-order valence-corrected chi connectivity index (χ1v) is 6.67. The lowest BCUT2D eigenvalue weighted by Crippen LogP contribution is -2.20. The Morgan fingerprint density at radius 1 is 1.43 bits per heavy atom. The summed E-state index contributed by atoms with van der Waals surface area (Å²) in [6.07, 6.45) is 0. The van der Waals surface area contributed by atoms with E-state index >= 15 is 0 Å². The van der Waals surface area contributed by atoms with Crippen molar-refractivity contribution in [3.8, 4) is 0 Å². The molecule has 1 heterocycles. The van der Waals surface area contributed by atoms with Crippen LogP contribution in [-0.4, -0.2) is 60.2 Å². The number of anilines is 1. The van der Waals surface area contributed by atoms with Gasteiger partial charge in [-0.15, -0.1) is 0 Å². The minimum atomic E-state index is -0.425. The number of imidazole rings is 1. The van der Waals surface area contributed by atoms with Gasteiger partial charge in [0.25, 0.3) is 5.69 Å². The van der Waals surface area contributed by atoms with Gasteiger partial charge >= 0.3 is 0 Å². The number of hydrogen-bond donors (Lipinski definition) is 2. The van der Waals surface area contributed by atoms with Crippen molar-refractivity contribution in [2.24, 2.45) is 0 Å². The van der Waals surface area contributed by atoms with Crippen LogP contribution in [0.4, 0.5) is 11.6 Å². The van der Waals surface area contributed by atoms with Gasteiger partial charge in [-0.1, -0.05) is 0 Å². The molecular weight excluding hydrogens is 274 g/mol. The Bertz CT molecular complexity index is 611. The number of ether oxygens (including phenoxy) is 1. The molecular formula is C13H19N5O3. The van der Waals surface area contributed by atoms with Crippen LogP contribution in [0.5, 0.6) is 0 Å². The molecule has 21 heavy (non-hydrogen) atoms. The van der Waals surface area contributed by atoms with Crippen molar-refractivity contribution in [2.75, 3.05) is 45.7 Å². The summed E-state index contributed by atoms with van der Waals surface area (Å²) < 4.78 is 5.46. The quantitative estimate of drug-likeness (QED) is 0.434. The molecule has 0 aliphatic carbocycles. The summed E-state index contributed by atoms with van der Waals surface area (Å²) in [7, 11) is 3.99. The summed E-state index contributed by atoms with van der Waals surface area (Å²) >= 11 is 0. The first-order chi connectivity index (χ1) is 10.1. The number of nitrogens with zero attached hydrogens (tertiary/aromatic N) is 3. The van der Waals surface area contributed by atoms with Crippen molar-refractivity contribution >= 4 is 22.7 Å². The van der Waals surface area contributed by atoms with Gasteiger partial charge in [-0.2, -0.15) is 0 Å². The van der Waals surface area contributed by atoms with E-state index in [1.165, 1.54) is 12.1 Å². The van der Waals surface area contributed by atoms with E-state index in [1.54, 1.807) is 6.07 Å². The zero-order chi connectivity index (χ0) is 15.2. The highest BCUT2D eigenvalue weighted by Crippen LogP contribution is 2.20. The molecule has 0 saturated heterocycles. The number of aromatic amines is 1. The topological polar surface area (TPSA) is 96.3 Å². The molecule has 0 bridgehead atoms. The zero-order valence-corrected chi connectivity index (χ0v) is 12.1. The van der Waals surface area contributed by atoms with Gasteiger partial charge in [-0.3, -0.25) is 10.1 Å². The number of fused-ring (bicyclic) bond motifs is 1. The normalized spacial score (nSPS) is 11.2. The van der Waals surface area contributed by atoms with Crippen LogP contribution in [-0.2, 0) is 4.74 Å². The Morgan fingerprint density at radius 2 is 2.24 bits per heavy atom. The van der Waals surface area contributed by atoms with Crippen LogP contribution in [0.25, 0.3) is 11.0 Å². The minimum Gasteiger partial charge on any atom is -0.378 e. The molecule has 114 valence electrons. The molecule has 2 aromatic rings. The fraction of sp³-hybridized carbons (Fsp3) is 0.462. The molecule has 2 N–H and O–H groups in total. The first kappa shape index (κ1) is 15.2. The average molecular weight is 293 g/mol. The van der Waals surface area contributed by atoms with Crippen LogP contribution < -0.4 is 5.32 Å². The second-order valence-corrected chi connectivity index (χ2v) is 4.89. The minimum absolute atomic E-state index is 0.0460. The van der Waals surface area contributed by atoms with Crippen molar-refractivity contribution in [3.63, 3.8) is 0 Å². The molecule has 1 aromatic heterocycles. The zero-order valence-electron chi connectivity index (χ0n) is 12.1. The van der Waals surface area contributed by atoms with Crippen molar-refractivity contribution in [1.29, 1.82) is 0 Å². The highest BCUT2D eigenvalue weighted by Gasteiger charge is 2.09. The number of aromatic nitrogens is 2. The molecule has 2 rings (SSSR count). The molecule has 0 amide bonds. The predicted molar refractivity (Wildman–Crippen MR) is 80.6 cm³/mol. The maximum atomic E-state index is 10.7. The van der Waals surface area contributed by atoms with E-state index in [9.17, 15) is 10.1 Å². The summed E-state index contributed by atoms with van der Waals surface area (Å²) in [5, 5.41) is 13.8. The molecule has 0 aliphatic rings. The van der Waals surface area contributed by atoms with Gasteiger partial charge in [0, 0.05) is 25.2 Å². The first-order valence-electron chi connectivity index (χ1n) is 6.67. The highest BCUT2D eigenvalue weighted by atomic mass is 16.6. The van der Waals surface area contributed by atoms with Gasteiger partial charge in [0.1, 0.15) is 0 Å². The monoisotopic (exact) mass is 293 g/mol. The van der Waals surface area contributed by atoms with Crippen molar-refractivity contribution in [2.45, 2.75) is 0 Å². The lowest BCUT2D eigenvalue weighted by atomic mass is 10.3. The van der Waals surface area contributed by atoms with Crippen molar-refractivity contribution in [1.82, 2.24) is 14.9 Å². The number of hydrogen-bond acceptors (Lipinski definition) is 6. The number of nitro groups is 1. The molecule has 8 nitrogen and oxygen atoms in total. The molecule has 0 spiro atoms. The van der Waals surface area contributed by atoms with Crippen LogP contribution in [0, 0.1) is 10.1 Å². The van der Waals surface area contributed by atoms with Crippen molar-refractivity contribution in [3.05, 3.63) is 28.3 Å². The lowest BCUT2D eigenvalue weighted by Gasteiger charge is -2.09. The van der Waals surface area contributed by atoms with E-state index in [2.05, 4.69) is 20.2 Å². The Hall–Kier alpha value is -2.19. The third-order valence-corrected chi connectivity index (χ3v) is 2.90. The standard InChI is InChI=1S/C13H19N5O3/c1-17(2)6-8-21-7-5-14-13-15-11-4-3-10(18(19)20)9-12(11)16-13/h3-4,9H,5-8H2,1-2H3,(H2,14,15,16). The summed E-state index contributed by atoms with van der Waals surface area (Å²) in [5.41, 5.74) is 1.38. The van der Waals surface area contributed by atoms with E-state index in [-0.39, 0.29) is 5.69 Å². The molecule has 1 aromatic carbocycles. The molecule has 0 fully saturated rings. The number of rotatable bonds is 8. The number of non-ortho nitro benzene ring substituents is 1. The largest absolute Gasteiger partial charge is 0.378 e. The Kier molecular flexibility index (Phi) is 5.07. The number of likely N-dealkylation sites (N-methyl/N-ethyl adjacent to an activating group) is 1. The van der Waals surface area contributed by atoms with Gasteiger partial charge in [0.05, 0.1) is 29.2 Å². The second kappa shape index (κ2) is 7.00. The smallest absolute Gasteiger partial charge is 0.271 e. The molecule has 0 aliphatic heterocycles. The fourth-order valence-corrected chi connectivity index (χ4v) is 1.79. The third-order valence-electron chi connectivity index (χ3n) is 2.90. The summed E-state index contributed by atoms with van der Waals surface area (Å²) in [5.74, 6) is 0.585. The van der Waals surface area contributed by atoms with Gasteiger partial charge in [0.2, 0.25) is 5.95 Å². The molecule has 0 unspecified atom stereocenters. The van der Waals surface area contributed by atoms with Crippen LogP contribution in [0.15, 0.2) is 18.2 Å². The van der Waals surface area contributed by atoms with E-state index in [0.717, 1.165) is 6.54 Å². The van der Waals surface area contributed by atoms with Gasteiger partial charge in [0.15, 0.2) is 0 Å². The lowest BCUT2D eigenvalue weighted by molar-refractivity contribution is -0.384. The van der Waals surface area contributed by atoms with Gasteiger partial charge in [-0.05, 0) is 20.2 Å². The van der Waals surface area contributed by atoms with Crippen LogP contribution >= 0.6 is 0 Å². The number of benzene rings is 1. The van der Waals surface area contributed by atoms with E-state index < -0.39 is 4.92 Å². The Morgan fingerprint density at radius 3 is 2.95 bits per heavy atom. The molecule has 0 radical (unpaired) electrons. The third kappa shape index (κ3) is 4.40. The highest BCUT2D eigenvalue weighted by molar-refractivity contribution is 5.79. The Labute approximate surface area is 122 Å². The van der Waals surface area contributed by atoms with Crippen molar-refractivity contribution < 1.29 is 9.66 Å². The number of nitro benzene ring substituents is 1. The predicted octanol–water partition coefficient (Wildman–Crippen LogP) is 1.46. The fourth-order valence-electron chi connectivity index (χ4n) is 1.79. The number of H-pyrrole nitrogens is 1. The van der Waals surface area contributed by atoms with E-state index in [0.29, 0.717) is 36.7 Å². The summed E-state index contributed by atoms with van der Waals surface area (Å²) in [6.45, 7) is 2.76. The summed E-state index contributed by atoms with van der Waals surface area (Å²) in [6, 6.07) is 4.54. The number of nitrogens with one attached hydrogen (secondary N) is 2. The van der Waals surface area contributed by atoms with Gasteiger partial charge < -0.3 is 19.9 Å². The van der Waals surface area contributed by atoms with Crippen LogP contribution in [0.3, 0.4) is 0 Å². The van der Waals surface area contributed by atoms with E-state index in [1.807, 2.05) is 14.1 Å². The summed E-state index contributed by atoms with van der Waals surface area (Å²) in [4.78, 5) is 19.7. The SMILES string of the molecule is CN(C)CCOCCNc1nc2ccc([N+](=O)[O-])cc2[nH]1. The molecule has 0 saturated carbocycles. The second-order valence-electron chi connectivity index (χ2n) is 4.89. The van der Waals surface area contributed by atoms with Crippen LogP contribution in [0.1, 0.15) is 0 Å². The van der Waals surface area contributed by atoms with Gasteiger partial charge in [-0.25, -0.2) is 4.98 Å². The molecule has 0 atom stereocenters. The van der Waals surface area contributed by atoms with Crippen LogP contribution in [0.2, 0.25) is 0 Å². The Balaban J connectivity index is 1.84.